The lowest BCUT2D eigenvalue weighted by atomic mass is 9.88. The number of hydrogen-bond acceptors (Lipinski definition) is 5. The molecule has 4 nitrogen and oxygen atoms in total. The minimum Gasteiger partial charge on any atom is -0.390 e. The van der Waals surface area contributed by atoms with E-state index in [0.29, 0.717) is 0 Å². The smallest absolute Gasteiger partial charge is 0.155 e. The van der Waals surface area contributed by atoms with Crippen LogP contribution < -0.4 is 0 Å². The fourth-order valence-corrected chi connectivity index (χ4v) is 2.76. The third-order valence-electron chi connectivity index (χ3n) is 3.97. The van der Waals surface area contributed by atoms with Crippen LogP contribution in [0.1, 0.15) is 39.6 Å². The van der Waals surface area contributed by atoms with Gasteiger partial charge < -0.3 is 5.11 Å². The molecule has 0 fully saturated rings. The van der Waals surface area contributed by atoms with Crippen molar-refractivity contribution in [1.29, 1.82) is 0 Å². The maximum Gasteiger partial charge on any atom is 0.155 e. The predicted molar refractivity (Wildman–Crippen MR) is 92.9 cm³/mol. The SMILES string of the molecule is CC(C)C(=O)[C@H]([C@H](O)[C@H](C)/C=C/c1nccs1)N(C)C(C)C. The molecule has 1 aromatic rings. The molecule has 0 aliphatic carbocycles. The zero-order valence-electron chi connectivity index (χ0n) is 14.4. The molecule has 1 N–H and O–H groups in total. The van der Waals surface area contributed by atoms with Crippen molar-refractivity contribution in [2.24, 2.45) is 11.8 Å². The minimum atomic E-state index is -0.737. The van der Waals surface area contributed by atoms with Crippen molar-refractivity contribution in [1.82, 2.24) is 9.88 Å². The molecule has 0 bridgehead atoms. The first-order chi connectivity index (χ1) is 10.3. The summed E-state index contributed by atoms with van der Waals surface area (Å²) in [7, 11) is 1.90. The average Bonchev–Trinajstić information content (AvgIpc) is 2.97. The summed E-state index contributed by atoms with van der Waals surface area (Å²) in [6.45, 7) is 9.76. The Bertz CT molecular complexity index is 483. The van der Waals surface area contributed by atoms with E-state index in [1.807, 2.05) is 64.1 Å². The van der Waals surface area contributed by atoms with E-state index in [9.17, 15) is 9.90 Å². The standard InChI is InChI=1S/C17H28N2O2S/c1-11(2)16(20)15(19(6)12(3)4)17(21)13(5)7-8-14-18-9-10-22-14/h7-13,15,17,21H,1-6H3/b8-7+/t13-,15-,17-/m1/s1. The van der Waals surface area contributed by atoms with Gasteiger partial charge in [0, 0.05) is 29.5 Å². The molecule has 0 amide bonds. The van der Waals surface area contributed by atoms with Crippen LogP contribution in [0.2, 0.25) is 0 Å². The highest BCUT2D eigenvalue weighted by atomic mass is 32.1. The van der Waals surface area contributed by atoms with Crippen LogP contribution in [0, 0.1) is 11.8 Å². The molecule has 0 unspecified atom stereocenters. The van der Waals surface area contributed by atoms with Gasteiger partial charge in [0.15, 0.2) is 5.78 Å². The number of rotatable bonds is 8. The summed E-state index contributed by atoms with van der Waals surface area (Å²) in [6, 6.07) is -0.298. The molecule has 0 radical (unpaired) electrons. The number of thiazole rings is 1. The predicted octanol–water partition coefficient (Wildman–Crippen LogP) is 3.09. The van der Waals surface area contributed by atoms with Crippen molar-refractivity contribution in [3.05, 3.63) is 22.7 Å². The van der Waals surface area contributed by atoms with E-state index in [4.69, 9.17) is 0 Å². The maximum atomic E-state index is 12.5. The molecular weight excluding hydrogens is 296 g/mol. The van der Waals surface area contributed by atoms with Crippen molar-refractivity contribution in [3.8, 4) is 0 Å². The number of Topliss-reactive ketones (excluding diaryl/α,β-unsaturated/α-hetero) is 1. The number of carbonyl (C=O) groups excluding carboxylic acids is 1. The number of nitrogens with zero attached hydrogens (tertiary/aromatic N) is 2. The molecule has 0 aliphatic rings. The Morgan fingerprint density at radius 2 is 1.95 bits per heavy atom. The van der Waals surface area contributed by atoms with Gasteiger partial charge in [-0.1, -0.05) is 26.8 Å². The molecule has 5 heteroatoms. The number of aliphatic hydroxyl groups excluding tert-OH is 1. The molecule has 0 saturated heterocycles. The Hall–Kier alpha value is -1.04. The van der Waals surface area contributed by atoms with Gasteiger partial charge in [0.05, 0.1) is 12.1 Å². The highest BCUT2D eigenvalue weighted by Crippen LogP contribution is 2.20. The van der Waals surface area contributed by atoms with Crippen molar-refractivity contribution >= 4 is 23.2 Å². The molecule has 1 aromatic heterocycles. The largest absolute Gasteiger partial charge is 0.390 e. The molecule has 3 atom stereocenters. The number of aliphatic hydroxyl groups is 1. The molecule has 0 saturated carbocycles. The van der Waals surface area contributed by atoms with Gasteiger partial charge in [-0.05, 0) is 27.0 Å². The second-order valence-electron chi connectivity index (χ2n) is 6.34. The fraction of sp³-hybridized carbons (Fsp3) is 0.647. The molecule has 1 heterocycles. The van der Waals surface area contributed by atoms with Crippen molar-refractivity contribution in [2.75, 3.05) is 7.05 Å². The lowest BCUT2D eigenvalue weighted by Gasteiger charge is -2.36. The van der Waals surface area contributed by atoms with Crippen LogP contribution in [0.5, 0.6) is 0 Å². The number of carbonyl (C=O) groups is 1. The zero-order chi connectivity index (χ0) is 16.9. The summed E-state index contributed by atoms with van der Waals surface area (Å²) in [5.74, 6) is -0.146. The van der Waals surface area contributed by atoms with E-state index in [-0.39, 0.29) is 23.7 Å². The van der Waals surface area contributed by atoms with Gasteiger partial charge in [-0.2, -0.15) is 0 Å². The van der Waals surface area contributed by atoms with Crippen LogP contribution >= 0.6 is 11.3 Å². The summed E-state index contributed by atoms with van der Waals surface area (Å²) in [6.07, 6.45) is 4.85. The Morgan fingerprint density at radius 3 is 2.41 bits per heavy atom. The normalized spacial score (nSPS) is 16.6. The quantitative estimate of drug-likeness (QED) is 0.798. The third kappa shape index (κ3) is 5.00. The molecule has 124 valence electrons. The molecule has 22 heavy (non-hydrogen) atoms. The summed E-state index contributed by atoms with van der Waals surface area (Å²) >= 11 is 1.55. The lowest BCUT2D eigenvalue weighted by molar-refractivity contribution is -0.132. The lowest BCUT2D eigenvalue weighted by Crippen LogP contribution is -2.53. The third-order valence-corrected chi connectivity index (χ3v) is 4.71. The van der Waals surface area contributed by atoms with Crippen molar-refractivity contribution in [3.63, 3.8) is 0 Å². The van der Waals surface area contributed by atoms with Gasteiger partial charge in [0.25, 0.3) is 0 Å². The monoisotopic (exact) mass is 324 g/mol. The first kappa shape index (κ1) is 19.0. The molecule has 0 aliphatic heterocycles. The molecular formula is C17H28N2O2S. The van der Waals surface area contributed by atoms with E-state index >= 15 is 0 Å². The van der Waals surface area contributed by atoms with Crippen LogP contribution in [0.4, 0.5) is 0 Å². The van der Waals surface area contributed by atoms with Crippen LogP contribution in [-0.2, 0) is 4.79 Å². The van der Waals surface area contributed by atoms with E-state index < -0.39 is 12.1 Å². The number of likely N-dealkylation sites (N-methyl/N-ethyl adjacent to an activating group) is 1. The second-order valence-corrected chi connectivity index (χ2v) is 7.27. The van der Waals surface area contributed by atoms with Gasteiger partial charge in [-0.15, -0.1) is 11.3 Å². The van der Waals surface area contributed by atoms with Crippen LogP contribution in [0.15, 0.2) is 17.7 Å². The van der Waals surface area contributed by atoms with Crippen molar-refractivity contribution < 1.29 is 9.90 Å². The molecule has 0 aromatic carbocycles. The summed E-state index contributed by atoms with van der Waals surface area (Å²) in [4.78, 5) is 18.7. The second kappa shape index (κ2) is 8.56. The van der Waals surface area contributed by atoms with Gasteiger partial charge in [0.1, 0.15) is 5.01 Å². The summed E-state index contributed by atoms with van der Waals surface area (Å²) in [5.41, 5.74) is 0. The van der Waals surface area contributed by atoms with E-state index in [1.54, 1.807) is 17.5 Å². The molecule has 0 spiro atoms. The highest BCUT2D eigenvalue weighted by molar-refractivity contribution is 7.10. The Morgan fingerprint density at radius 1 is 1.32 bits per heavy atom. The number of aromatic nitrogens is 1. The Kier molecular flexibility index (Phi) is 7.39. The molecule has 1 rings (SSSR count). The average molecular weight is 324 g/mol. The topological polar surface area (TPSA) is 53.4 Å². The Balaban J connectivity index is 2.90. The van der Waals surface area contributed by atoms with Gasteiger partial charge in [-0.3, -0.25) is 9.69 Å². The van der Waals surface area contributed by atoms with Crippen LogP contribution in [0.25, 0.3) is 6.08 Å². The van der Waals surface area contributed by atoms with E-state index in [2.05, 4.69) is 4.98 Å². The maximum absolute atomic E-state index is 12.5. The number of ketones is 1. The van der Waals surface area contributed by atoms with Gasteiger partial charge in [0.2, 0.25) is 0 Å². The van der Waals surface area contributed by atoms with E-state index in [1.165, 1.54) is 0 Å². The van der Waals surface area contributed by atoms with Gasteiger partial charge in [-0.25, -0.2) is 4.98 Å². The van der Waals surface area contributed by atoms with E-state index in [0.717, 1.165) is 5.01 Å². The van der Waals surface area contributed by atoms with Crippen molar-refractivity contribution in [2.45, 2.75) is 52.8 Å². The minimum absolute atomic E-state index is 0.0817. The zero-order valence-corrected chi connectivity index (χ0v) is 15.2. The summed E-state index contributed by atoms with van der Waals surface area (Å²) < 4.78 is 0. The number of hydrogen-bond donors (Lipinski definition) is 1. The highest BCUT2D eigenvalue weighted by Gasteiger charge is 2.35. The Labute approximate surface area is 137 Å². The first-order valence-corrected chi connectivity index (χ1v) is 8.65. The first-order valence-electron chi connectivity index (χ1n) is 7.77. The van der Waals surface area contributed by atoms with Gasteiger partial charge >= 0.3 is 0 Å². The fourth-order valence-electron chi connectivity index (χ4n) is 2.22. The van der Waals surface area contributed by atoms with Crippen LogP contribution in [0.3, 0.4) is 0 Å². The van der Waals surface area contributed by atoms with Crippen LogP contribution in [-0.4, -0.2) is 46.0 Å². The summed E-state index contributed by atoms with van der Waals surface area (Å²) in [5, 5.41) is 13.5.